The molecule has 114 valence electrons. The normalized spacial score (nSPS) is 28.3. The second kappa shape index (κ2) is 6.95. The second-order valence-electron chi connectivity index (χ2n) is 6.33. The molecule has 0 aromatic heterocycles. The van der Waals surface area contributed by atoms with E-state index in [-0.39, 0.29) is 18.0 Å². The smallest absolute Gasteiger partial charge is 0.315 e. The Morgan fingerprint density at radius 2 is 2.10 bits per heavy atom. The summed E-state index contributed by atoms with van der Waals surface area (Å²) in [4.78, 5) is 25.4. The Morgan fingerprint density at radius 1 is 1.35 bits per heavy atom. The van der Waals surface area contributed by atoms with Crippen LogP contribution in [0, 0.1) is 5.92 Å². The molecule has 3 unspecified atom stereocenters. The van der Waals surface area contributed by atoms with Crippen LogP contribution in [0.5, 0.6) is 0 Å². The molecule has 0 radical (unpaired) electrons. The van der Waals surface area contributed by atoms with Crippen molar-refractivity contribution < 1.29 is 9.59 Å². The van der Waals surface area contributed by atoms with Crippen LogP contribution in [0.2, 0.25) is 0 Å². The molecule has 2 fully saturated rings. The summed E-state index contributed by atoms with van der Waals surface area (Å²) in [5.74, 6) is 0.768. The molecule has 2 N–H and O–H groups in total. The van der Waals surface area contributed by atoms with Crippen molar-refractivity contribution in [1.29, 1.82) is 0 Å². The maximum absolute atomic E-state index is 12.0. The van der Waals surface area contributed by atoms with Crippen LogP contribution in [-0.4, -0.2) is 42.0 Å². The number of likely N-dealkylation sites (tertiary alicyclic amines) is 1. The largest absolute Gasteiger partial charge is 0.341 e. The standard InChI is InChI=1S/C15H27N3O2/c1-11-6-3-4-7-13(11)17-15(20)16-12(2)10-18-9-5-8-14(18)19/h11-13H,3-10H2,1-2H3,(H2,16,17,20). The van der Waals surface area contributed by atoms with Crippen LogP contribution in [0.15, 0.2) is 0 Å². The molecule has 3 atom stereocenters. The lowest BCUT2D eigenvalue weighted by Gasteiger charge is -2.30. The fourth-order valence-electron chi connectivity index (χ4n) is 3.24. The summed E-state index contributed by atoms with van der Waals surface area (Å²) < 4.78 is 0. The zero-order valence-corrected chi connectivity index (χ0v) is 12.7. The highest BCUT2D eigenvalue weighted by atomic mass is 16.2. The molecule has 5 nitrogen and oxygen atoms in total. The van der Waals surface area contributed by atoms with E-state index in [9.17, 15) is 9.59 Å². The van der Waals surface area contributed by atoms with Crippen LogP contribution in [-0.2, 0) is 4.79 Å². The monoisotopic (exact) mass is 281 g/mol. The molecule has 5 heteroatoms. The van der Waals surface area contributed by atoms with Gasteiger partial charge in [0.1, 0.15) is 0 Å². The van der Waals surface area contributed by atoms with Crippen molar-refractivity contribution >= 4 is 11.9 Å². The van der Waals surface area contributed by atoms with E-state index in [0.717, 1.165) is 19.4 Å². The number of nitrogens with one attached hydrogen (secondary N) is 2. The number of carbonyl (C=O) groups excluding carboxylic acids is 2. The molecule has 0 bridgehead atoms. The summed E-state index contributed by atoms with van der Waals surface area (Å²) in [6.45, 7) is 5.60. The lowest BCUT2D eigenvalue weighted by atomic mass is 9.86. The Hall–Kier alpha value is -1.26. The molecule has 3 amide bonds. The second-order valence-corrected chi connectivity index (χ2v) is 6.33. The average Bonchev–Trinajstić information content (AvgIpc) is 2.77. The van der Waals surface area contributed by atoms with Crippen molar-refractivity contribution in [3.63, 3.8) is 0 Å². The van der Waals surface area contributed by atoms with E-state index >= 15 is 0 Å². The molecular formula is C15H27N3O2. The highest BCUT2D eigenvalue weighted by Gasteiger charge is 2.25. The van der Waals surface area contributed by atoms with Crippen molar-refractivity contribution in [2.45, 2.75) is 64.5 Å². The number of nitrogens with zero attached hydrogens (tertiary/aromatic N) is 1. The predicted molar refractivity (Wildman–Crippen MR) is 78.4 cm³/mol. The van der Waals surface area contributed by atoms with Crippen molar-refractivity contribution in [1.82, 2.24) is 15.5 Å². The Kier molecular flexibility index (Phi) is 5.26. The third kappa shape index (κ3) is 4.12. The molecule has 0 aromatic carbocycles. The van der Waals surface area contributed by atoms with Gasteiger partial charge in [-0.2, -0.15) is 0 Å². The Labute approximate surface area is 121 Å². The van der Waals surface area contributed by atoms with Crippen LogP contribution < -0.4 is 10.6 Å². The zero-order chi connectivity index (χ0) is 14.5. The van der Waals surface area contributed by atoms with Gasteiger partial charge in [0.15, 0.2) is 0 Å². The molecule has 1 aliphatic heterocycles. The van der Waals surface area contributed by atoms with Gasteiger partial charge in [-0.3, -0.25) is 4.79 Å². The van der Waals surface area contributed by atoms with Crippen molar-refractivity contribution in [3.8, 4) is 0 Å². The fourth-order valence-corrected chi connectivity index (χ4v) is 3.24. The van der Waals surface area contributed by atoms with E-state index in [2.05, 4.69) is 17.6 Å². The quantitative estimate of drug-likeness (QED) is 0.826. The first-order chi connectivity index (χ1) is 9.56. The molecule has 2 rings (SSSR count). The van der Waals surface area contributed by atoms with Gasteiger partial charge in [0, 0.05) is 31.6 Å². The summed E-state index contributed by atoms with van der Waals surface area (Å²) in [6.07, 6.45) is 6.34. The number of hydrogen-bond donors (Lipinski definition) is 2. The van der Waals surface area contributed by atoms with Crippen LogP contribution in [0.1, 0.15) is 52.4 Å². The van der Waals surface area contributed by atoms with Crippen LogP contribution >= 0.6 is 0 Å². The summed E-state index contributed by atoms with van der Waals surface area (Å²) in [7, 11) is 0. The van der Waals surface area contributed by atoms with Crippen LogP contribution in [0.4, 0.5) is 4.79 Å². The maximum Gasteiger partial charge on any atom is 0.315 e. The molecule has 1 saturated heterocycles. The minimum absolute atomic E-state index is 0.00375. The summed E-state index contributed by atoms with van der Waals surface area (Å²) in [6, 6.07) is 0.197. The topological polar surface area (TPSA) is 61.4 Å². The first kappa shape index (κ1) is 15.1. The molecule has 0 spiro atoms. The molecule has 1 heterocycles. The number of carbonyl (C=O) groups is 2. The first-order valence-corrected chi connectivity index (χ1v) is 7.91. The van der Waals surface area contributed by atoms with E-state index in [1.165, 1.54) is 19.3 Å². The van der Waals surface area contributed by atoms with Crippen molar-refractivity contribution in [2.75, 3.05) is 13.1 Å². The van der Waals surface area contributed by atoms with E-state index in [4.69, 9.17) is 0 Å². The predicted octanol–water partition coefficient (Wildman–Crippen LogP) is 1.88. The van der Waals surface area contributed by atoms with E-state index in [1.54, 1.807) is 0 Å². The van der Waals surface area contributed by atoms with Gasteiger partial charge in [-0.25, -0.2) is 4.79 Å². The van der Waals surface area contributed by atoms with Gasteiger partial charge in [-0.15, -0.1) is 0 Å². The summed E-state index contributed by atoms with van der Waals surface area (Å²) >= 11 is 0. The molecule has 20 heavy (non-hydrogen) atoms. The van der Waals surface area contributed by atoms with Crippen molar-refractivity contribution in [3.05, 3.63) is 0 Å². The highest BCUT2D eigenvalue weighted by Crippen LogP contribution is 2.23. The summed E-state index contributed by atoms with van der Waals surface area (Å²) in [5.41, 5.74) is 0. The maximum atomic E-state index is 12.0. The van der Waals surface area contributed by atoms with Gasteiger partial charge in [0.25, 0.3) is 0 Å². The van der Waals surface area contributed by atoms with Crippen LogP contribution in [0.25, 0.3) is 0 Å². The van der Waals surface area contributed by atoms with Gasteiger partial charge in [0.2, 0.25) is 5.91 Å². The number of urea groups is 1. The van der Waals surface area contributed by atoms with Gasteiger partial charge in [-0.1, -0.05) is 19.8 Å². The molecule has 1 saturated carbocycles. The Morgan fingerprint density at radius 3 is 2.75 bits per heavy atom. The van der Waals surface area contributed by atoms with E-state index in [0.29, 0.717) is 24.9 Å². The number of rotatable bonds is 4. The zero-order valence-electron chi connectivity index (χ0n) is 12.7. The van der Waals surface area contributed by atoms with Crippen molar-refractivity contribution in [2.24, 2.45) is 5.92 Å². The fraction of sp³-hybridized carbons (Fsp3) is 0.867. The lowest BCUT2D eigenvalue weighted by Crippen LogP contribution is -2.50. The molecular weight excluding hydrogens is 254 g/mol. The van der Waals surface area contributed by atoms with Gasteiger partial charge in [-0.05, 0) is 32.1 Å². The molecule has 2 aliphatic rings. The minimum Gasteiger partial charge on any atom is -0.341 e. The molecule has 0 aromatic rings. The highest BCUT2D eigenvalue weighted by molar-refractivity contribution is 5.78. The number of hydrogen-bond acceptors (Lipinski definition) is 2. The SMILES string of the molecule is CC(CN1CCCC1=O)NC(=O)NC1CCCCC1C. The third-order valence-corrected chi connectivity index (χ3v) is 4.47. The number of amides is 3. The van der Waals surface area contributed by atoms with Gasteiger partial charge in [0.05, 0.1) is 0 Å². The van der Waals surface area contributed by atoms with E-state index < -0.39 is 0 Å². The van der Waals surface area contributed by atoms with Crippen LogP contribution in [0.3, 0.4) is 0 Å². The third-order valence-electron chi connectivity index (χ3n) is 4.47. The lowest BCUT2D eigenvalue weighted by molar-refractivity contribution is -0.127. The van der Waals surface area contributed by atoms with Gasteiger partial charge >= 0.3 is 6.03 Å². The van der Waals surface area contributed by atoms with Gasteiger partial charge < -0.3 is 15.5 Å². The Bertz CT molecular complexity index is 359. The first-order valence-electron chi connectivity index (χ1n) is 7.91. The summed E-state index contributed by atoms with van der Waals surface area (Å²) in [5, 5.41) is 6.03. The Balaban J connectivity index is 1.71. The minimum atomic E-state index is -0.0945. The average molecular weight is 281 g/mol. The van der Waals surface area contributed by atoms with E-state index in [1.807, 2.05) is 11.8 Å². The molecule has 1 aliphatic carbocycles.